The molecule has 1 atom stereocenters. The number of nitrogens with zero attached hydrogens (tertiary/aromatic N) is 1. The van der Waals surface area contributed by atoms with Crippen molar-refractivity contribution in [3.63, 3.8) is 0 Å². The van der Waals surface area contributed by atoms with Crippen molar-refractivity contribution < 1.29 is 0 Å². The maximum Gasteiger partial charge on any atom is 0.0352 e. The lowest BCUT2D eigenvalue weighted by atomic mass is 9.85. The molecule has 1 aliphatic rings. The van der Waals surface area contributed by atoms with Gasteiger partial charge in [-0.05, 0) is 118 Å². The Morgan fingerprint density at radius 2 is 0.958 bits per heavy atom. The molecule has 9 aromatic rings. The quantitative estimate of drug-likeness (QED) is 0.182. The first kappa shape index (κ1) is 27.1. The van der Waals surface area contributed by atoms with Crippen molar-refractivity contribution in [2.24, 2.45) is 0 Å². The van der Waals surface area contributed by atoms with Crippen molar-refractivity contribution in [1.29, 1.82) is 0 Å². The van der Waals surface area contributed by atoms with Crippen LogP contribution in [0.4, 0.5) is 0 Å². The first-order valence-electron chi connectivity index (χ1n) is 16.8. The average Bonchev–Trinajstić information content (AvgIpc) is 3.18. The Morgan fingerprint density at radius 3 is 1.65 bits per heavy atom. The fourth-order valence-electron chi connectivity index (χ4n) is 8.12. The monoisotopic (exact) mass is 609 g/mol. The second kappa shape index (κ2) is 10.8. The Labute approximate surface area is 279 Å². The van der Waals surface area contributed by atoms with Crippen LogP contribution in [0.3, 0.4) is 0 Å². The van der Waals surface area contributed by atoms with Crippen LogP contribution in [0.1, 0.15) is 23.5 Å². The van der Waals surface area contributed by atoms with Crippen molar-refractivity contribution in [1.82, 2.24) is 4.98 Å². The Balaban J connectivity index is 1.06. The van der Waals surface area contributed by atoms with Crippen LogP contribution in [-0.2, 0) is 0 Å². The van der Waals surface area contributed by atoms with E-state index in [0.717, 1.165) is 6.42 Å². The first-order chi connectivity index (χ1) is 23.8. The second-order valence-electron chi connectivity index (χ2n) is 13.1. The molecule has 224 valence electrons. The summed E-state index contributed by atoms with van der Waals surface area (Å²) in [7, 11) is 0. The Bertz CT molecular complexity index is 2750. The molecule has 1 unspecified atom stereocenters. The van der Waals surface area contributed by atoms with Gasteiger partial charge < -0.3 is 0 Å². The number of allylic oxidation sites excluding steroid dienone is 4. The van der Waals surface area contributed by atoms with E-state index in [2.05, 4.69) is 163 Å². The topological polar surface area (TPSA) is 12.9 Å². The number of hydrogen-bond acceptors (Lipinski definition) is 1. The molecule has 0 fully saturated rings. The van der Waals surface area contributed by atoms with Crippen LogP contribution in [0.2, 0.25) is 0 Å². The SMILES string of the molecule is C1=CC(c2cccc(-c3ccc4c5ccccc5c5ccccc5c4c3)c2)=CC(c2ccc3c4ccccc4c4ccncc4c3c2)C1. The minimum atomic E-state index is 0.302. The largest absolute Gasteiger partial charge is 0.264 e. The maximum atomic E-state index is 4.52. The van der Waals surface area contributed by atoms with Gasteiger partial charge in [0.1, 0.15) is 0 Å². The van der Waals surface area contributed by atoms with Gasteiger partial charge in [0.2, 0.25) is 0 Å². The highest BCUT2D eigenvalue weighted by molar-refractivity contribution is 6.26. The first-order valence-corrected chi connectivity index (χ1v) is 16.8. The smallest absolute Gasteiger partial charge is 0.0352 e. The van der Waals surface area contributed by atoms with Crippen LogP contribution >= 0.6 is 0 Å². The molecule has 0 saturated heterocycles. The standard InChI is InChI=1S/C47H31N/c1-2-15-38-36(13-1)37-14-5-6-18-41(37)45-27-34(19-21-42(38)45)32-11-7-9-30(25-32)31-10-8-12-33(26-31)35-20-22-43-39-16-3-4-17-40(39)44-23-24-48-29-47(44)46(43)28-35/h1-11,13-29,33H,12H2. The molecule has 0 aliphatic heterocycles. The summed E-state index contributed by atoms with van der Waals surface area (Å²) < 4.78 is 0. The number of fused-ring (bicyclic) bond motifs is 12. The highest BCUT2D eigenvalue weighted by Gasteiger charge is 2.17. The molecule has 0 amide bonds. The Hall–Kier alpha value is -6.05. The maximum absolute atomic E-state index is 4.52. The van der Waals surface area contributed by atoms with Gasteiger partial charge in [0, 0.05) is 23.7 Å². The summed E-state index contributed by atoms with van der Waals surface area (Å²) in [5.41, 5.74) is 6.34. The molecule has 1 aliphatic carbocycles. The normalized spacial score (nSPS) is 14.8. The molecule has 0 N–H and O–H groups in total. The van der Waals surface area contributed by atoms with Gasteiger partial charge in [0.05, 0.1) is 0 Å². The number of aromatic nitrogens is 1. The van der Waals surface area contributed by atoms with Crippen LogP contribution < -0.4 is 0 Å². The highest BCUT2D eigenvalue weighted by Crippen LogP contribution is 2.40. The number of benzene rings is 8. The highest BCUT2D eigenvalue weighted by atomic mass is 14.6. The second-order valence-corrected chi connectivity index (χ2v) is 13.1. The van der Waals surface area contributed by atoms with Gasteiger partial charge in [0.25, 0.3) is 0 Å². The fraction of sp³-hybridized carbons (Fsp3) is 0.0426. The van der Waals surface area contributed by atoms with Crippen molar-refractivity contribution in [2.45, 2.75) is 12.3 Å². The minimum absolute atomic E-state index is 0.302. The van der Waals surface area contributed by atoms with E-state index in [-0.39, 0.29) is 0 Å². The van der Waals surface area contributed by atoms with Crippen LogP contribution in [0.15, 0.2) is 170 Å². The molecule has 0 saturated carbocycles. The van der Waals surface area contributed by atoms with Crippen LogP contribution in [0, 0.1) is 0 Å². The van der Waals surface area contributed by atoms with Gasteiger partial charge in [-0.3, -0.25) is 4.98 Å². The molecule has 1 heteroatoms. The molecule has 8 aromatic carbocycles. The lowest BCUT2D eigenvalue weighted by Gasteiger charge is -2.19. The summed E-state index contributed by atoms with van der Waals surface area (Å²) in [5, 5.41) is 15.4. The predicted molar refractivity (Wildman–Crippen MR) is 206 cm³/mol. The average molecular weight is 610 g/mol. The molecular weight excluding hydrogens is 579 g/mol. The van der Waals surface area contributed by atoms with E-state index in [1.807, 2.05) is 12.4 Å². The molecule has 1 nitrogen and oxygen atoms in total. The van der Waals surface area contributed by atoms with E-state index in [1.165, 1.54) is 92.5 Å². The lowest BCUT2D eigenvalue weighted by molar-refractivity contribution is 0.859. The van der Waals surface area contributed by atoms with Gasteiger partial charge in [-0.1, -0.05) is 133 Å². The molecule has 1 heterocycles. The van der Waals surface area contributed by atoms with Crippen molar-refractivity contribution in [3.8, 4) is 11.1 Å². The zero-order valence-electron chi connectivity index (χ0n) is 26.4. The summed E-state index contributed by atoms with van der Waals surface area (Å²) in [5.74, 6) is 0.302. The van der Waals surface area contributed by atoms with Crippen molar-refractivity contribution in [3.05, 3.63) is 181 Å². The summed E-state index contributed by atoms with van der Waals surface area (Å²) in [6.45, 7) is 0. The molecule has 0 bridgehead atoms. The van der Waals surface area contributed by atoms with E-state index >= 15 is 0 Å². The number of hydrogen-bond donors (Lipinski definition) is 0. The van der Waals surface area contributed by atoms with Crippen molar-refractivity contribution >= 4 is 70.2 Å². The van der Waals surface area contributed by atoms with Gasteiger partial charge >= 0.3 is 0 Å². The number of pyridine rings is 1. The third-order valence-electron chi connectivity index (χ3n) is 10.4. The van der Waals surface area contributed by atoms with E-state index in [0.29, 0.717) is 5.92 Å². The number of rotatable bonds is 3. The third-order valence-corrected chi connectivity index (χ3v) is 10.4. The molecule has 0 spiro atoms. The molecule has 10 rings (SSSR count). The van der Waals surface area contributed by atoms with Gasteiger partial charge in [-0.2, -0.15) is 0 Å². The minimum Gasteiger partial charge on any atom is -0.264 e. The van der Waals surface area contributed by atoms with E-state index in [4.69, 9.17) is 0 Å². The Kier molecular flexibility index (Phi) is 6.07. The van der Waals surface area contributed by atoms with E-state index in [1.54, 1.807) is 0 Å². The zero-order valence-corrected chi connectivity index (χ0v) is 26.4. The summed E-state index contributed by atoms with van der Waals surface area (Å²) >= 11 is 0. The van der Waals surface area contributed by atoms with E-state index < -0.39 is 0 Å². The molecule has 0 radical (unpaired) electrons. The predicted octanol–water partition coefficient (Wildman–Crippen LogP) is 12.8. The van der Waals surface area contributed by atoms with Gasteiger partial charge in [-0.25, -0.2) is 0 Å². The zero-order chi connectivity index (χ0) is 31.6. The van der Waals surface area contributed by atoms with Gasteiger partial charge in [0.15, 0.2) is 0 Å². The van der Waals surface area contributed by atoms with Crippen LogP contribution in [0.5, 0.6) is 0 Å². The fourth-order valence-corrected chi connectivity index (χ4v) is 8.12. The van der Waals surface area contributed by atoms with E-state index in [9.17, 15) is 0 Å². The molecule has 48 heavy (non-hydrogen) atoms. The van der Waals surface area contributed by atoms with Crippen LogP contribution in [-0.4, -0.2) is 4.98 Å². The molecular formula is C47H31N. The Morgan fingerprint density at radius 1 is 0.417 bits per heavy atom. The summed E-state index contributed by atoms with van der Waals surface area (Å²) in [6.07, 6.45) is 12.0. The summed E-state index contributed by atoms with van der Waals surface area (Å²) in [6, 6.07) is 51.5. The van der Waals surface area contributed by atoms with Crippen LogP contribution in [0.25, 0.3) is 81.3 Å². The third kappa shape index (κ3) is 4.21. The lowest BCUT2D eigenvalue weighted by Crippen LogP contribution is -2.00. The summed E-state index contributed by atoms with van der Waals surface area (Å²) in [4.78, 5) is 4.52. The molecule has 1 aromatic heterocycles. The van der Waals surface area contributed by atoms with Crippen molar-refractivity contribution in [2.75, 3.05) is 0 Å². The van der Waals surface area contributed by atoms with Gasteiger partial charge in [-0.15, -0.1) is 0 Å².